The fourth-order valence-corrected chi connectivity index (χ4v) is 3.75. The third-order valence-electron chi connectivity index (χ3n) is 3.94. The van der Waals surface area contributed by atoms with E-state index in [9.17, 15) is 9.90 Å². The molecule has 0 saturated carbocycles. The van der Waals surface area contributed by atoms with Crippen molar-refractivity contribution in [1.29, 1.82) is 0 Å². The summed E-state index contributed by atoms with van der Waals surface area (Å²) in [7, 11) is 0. The molecule has 0 spiro atoms. The summed E-state index contributed by atoms with van der Waals surface area (Å²) in [5, 5.41) is 9.94. The number of fused-ring (bicyclic) bond motifs is 1. The zero-order valence-electron chi connectivity index (χ0n) is 11.8. The molecule has 6 nitrogen and oxygen atoms in total. The molecule has 0 aromatic carbocycles. The maximum atomic E-state index is 11.2. The molecule has 2 aromatic heterocycles. The van der Waals surface area contributed by atoms with E-state index in [0.717, 1.165) is 54.0 Å². The first-order chi connectivity index (χ1) is 9.97. The first kappa shape index (κ1) is 14.1. The second kappa shape index (κ2) is 5.16. The van der Waals surface area contributed by atoms with Crippen molar-refractivity contribution in [1.82, 2.24) is 4.98 Å². The quantitative estimate of drug-likeness (QED) is 0.781. The minimum Gasteiger partial charge on any atom is -0.477 e. The number of carboxylic acids is 1. The highest BCUT2D eigenvalue weighted by Gasteiger charge is 2.22. The van der Waals surface area contributed by atoms with Crippen molar-refractivity contribution in [3.05, 3.63) is 16.5 Å². The molecule has 21 heavy (non-hydrogen) atoms. The Morgan fingerprint density at radius 1 is 1.48 bits per heavy atom. The van der Waals surface area contributed by atoms with E-state index in [4.69, 9.17) is 11.5 Å². The van der Waals surface area contributed by atoms with E-state index in [1.165, 1.54) is 0 Å². The topological polar surface area (TPSA) is 105 Å². The van der Waals surface area contributed by atoms with Crippen molar-refractivity contribution >= 4 is 39.0 Å². The molecule has 0 unspecified atom stereocenters. The van der Waals surface area contributed by atoms with E-state index >= 15 is 0 Å². The van der Waals surface area contributed by atoms with Gasteiger partial charge in [-0.2, -0.15) is 0 Å². The molecule has 1 fully saturated rings. The number of carboxylic acid groups (broad SMARTS) is 1. The number of nitrogen functional groups attached to an aromatic ring is 1. The molecule has 0 amide bonds. The van der Waals surface area contributed by atoms with Crippen LogP contribution in [0.4, 0.5) is 11.5 Å². The van der Waals surface area contributed by atoms with Gasteiger partial charge in [-0.05, 0) is 31.4 Å². The molecule has 0 atom stereocenters. The monoisotopic (exact) mass is 306 g/mol. The van der Waals surface area contributed by atoms with Gasteiger partial charge in [0.2, 0.25) is 0 Å². The highest BCUT2D eigenvalue weighted by atomic mass is 32.1. The lowest BCUT2D eigenvalue weighted by atomic mass is 10.1. The number of nitrogens with zero attached hydrogens (tertiary/aromatic N) is 2. The second-order valence-corrected chi connectivity index (χ2v) is 6.45. The molecule has 0 aliphatic carbocycles. The normalized spacial score (nSPS) is 16.6. The van der Waals surface area contributed by atoms with Crippen molar-refractivity contribution in [2.24, 2.45) is 5.73 Å². The number of pyridine rings is 1. The molecule has 0 bridgehead atoms. The van der Waals surface area contributed by atoms with Crippen LogP contribution in [0.2, 0.25) is 0 Å². The summed E-state index contributed by atoms with van der Waals surface area (Å²) in [4.78, 5) is 18.9. The van der Waals surface area contributed by atoms with Crippen LogP contribution in [0, 0.1) is 6.92 Å². The van der Waals surface area contributed by atoms with Crippen LogP contribution in [-0.2, 0) is 0 Å². The van der Waals surface area contributed by atoms with Gasteiger partial charge in [-0.25, -0.2) is 9.78 Å². The predicted octanol–water partition coefficient (Wildman–Crippen LogP) is 1.81. The summed E-state index contributed by atoms with van der Waals surface area (Å²) >= 11 is 1.14. The minimum atomic E-state index is -1.000. The number of thiophene rings is 1. The molecule has 5 N–H and O–H groups in total. The number of aromatic carboxylic acids is 1. The van der Waals surface area contributed by atoms with Gasteiger partial charge in [0, 0.05) is 24.5 Å². The van der Waals surface area contributed by atoms with Gasteiger partial charge < -0.3 is 21.5 Å². The largest absolute Gasteiger partial charge is 0.477 e. The highest BCUT2D eigenvalue weighted by Crippen LogP contribution is 2.36. The van der Waals surface area contributed by atoms with Gasteiger partial charge in [0.25, 0.3) is 0 Å². The molecule has 1 aliphatic rings. The summed E-state index contributed by atoms with van der Waals surface area (Å²) in [6, 6.07) is 2.25. The Kier molecular flexibility index (Phi) is 3.46. The second-order valence-electron chi connectivity index (χ2n) is 5.45. The number of aryl methyl sites for hydroxylation is 1. The van der Waals surface area contributed by atoms with Crippen LogP contribution in [-0.4, -0.2) is 35.2 Å². The average molecular weight is 306 g/mol. The Hall–Kier alpha value is -1.86. The fraction of sp³-hybridized carbons (Fsp3) is 0.429. The van der Waals surface area contributed by atoms with Crippen molar-refractivity contribution < 1.29 is 9.90 Å². The standard InChI is InChI=1S/C14H18N4O2S/c1-7-6-9(18-4-2-8(15)3-5-18)17-13-10(7)11(16)12(21-13)14(19)20/h6,8H,2-5,15-16H2,1H3,(H,19,20). The molecule has 7 heteroatoms. The van der Waals surface area contributed by atoms with Gasteiger partial charge in [-0.15, -0.1) is 11.3 Å². The van der Waals surface area contributed by atoms with Crippen LogP contribution in [0.3, 0.4) is 0 Å². The van der Waals surface area contributed by atoms with E-state index in [-0.39, 0.29) is 10.9 Å². The molecule has 1 aliphatic heterocycles. The minimum absolute atomic E-state index is 0.165. The Morgan fingerprint density at radius 3 is 2.76 bits per heavy atom. The van der Waals surface area contributed by atoms with Crippen LogP contribution in [0.15, 0.2) is 6.07 Å². The van der Waals surface area contributed by atoms with Gasteiger partial charge in [0.15, 0.2) is 0 Å². The maximum absolute atomic E-state index is 11.2. The summed E-state index contributed by atoms with van der Waals surface area (Å²) in [6.07, 6.45) is 1.90. The van der Waals surface area contributed by atoms with Gasteiger partial charge in [0.05, 0.1) is 5.69 Å². The third kappa shape index (κ3) is 2.43. The number of carbonyl (C=O) groups is 1. The van der Waals surface area contributed by atoms with Gasteiger partial charge in [-0.3, -0.25) is 0 Å². The van der Waals surface area contributed by atoms with E-state index in [0.29, 0.717) is 10.5 Å². The number of hydrogen-bond acceptors (Lipinski definition) is 6. The molecule has 1 saturated heterocycles. The smallest absolute Gasteiger partial charge is 0.348 e. The van der Waals surface area contributed by atoms with Crippen molar-refractivity contribution in [2.75, 3.05) is 23.7 Å². The summed E-state index contributed by atoms with van der Waals surface area (Å²) in [6.45, 7) is 3.70. The molecule has 3 rings (SSSR count). The van der Waals surface area contributed by atoms with Gasteiger partial charge in [0.1, 0.15) is 15.5 Å². The van der Waals surface area contributed by atoms with E-state index in [2.05, 4.69) is 9.88 Å². The Labute approximate surface area is 126 Å². The third-order valence-corrected chi connectivity index (χ3v) is 5.03. The molecular weight excluding hydrogens is 288 g/mol. The van der Waals surface area contributed by atoms with E-state index in [1.54, 1.807) is 0 Å². The molecule has 2 aromatic rings. The number of hydrogen-bond donors (Lipinski definition) is 3. The number of anilines is 2. The Bertz CT molecular complexity index is 705. The van der Waals surface area contributed by atoms with E-state index < -0.39 is 5.97 Å². The number of nitrogens with two attached hydrogens (primary N) is 2. The summed E-state index contributed by atoms with van der Waals surface area (Å²) in [5.41, 5.74) is 13.2. The number of rotatable bonds is 2. The first-order valence-corrected chi connectivity index (χ1v) is 7.72. The lowest BCUT2D eigenvalue weighted by Crippen LogP contribution is -2.40. The van der Waals surface area contributed by atoms with Crippen LogP contribution >= 0.6 is 11.3 Å². The lowest BCUT2D eigenvalue weighted by Gasteiger charge is -2.31. The zero-order valence-corrected chi connectivity index (χ0v) is 12.6. The predicted molar refractivity (Wildman–Crippen MR) is 85.2 cm³/mol. The molecule has 112 valence electrons. The number of piperidine rings is 1. The lowest BCUT2D eigenvalue weighted by molar-refractivity contribution is 0.0703. The van der Waals surface area contributed by atoms with E-state index in [1.807, 2.05) is 13.0 Å². The van der Waals surface area contributed by atoms with Crippen LogP contribution < -0.4 is 16.4 Å². The zero-order chi connectivity index (χ0) is 15.1. The average Bonchev–Trinajstić information content (AvgIpc) is 2.77. The molecule has 0 radical (unpaired) electrons. The SMILES string of the molecule is Cc1cc(N2CCC(N)CC2)nc2sc(C(=O)O)c(N)c12. The molecular formula is C14H18N4O2S. The van der Waals surface area contributed by atoms with Crippen LogP contribution in [0.25, 0.3) is 10.2 Å². The van der Waals surface area contributed by atoms with Crippen LogP contribution in [0.5, 0.6) is 0 Å². The number of aromatic nitrogens is 1. The van der Waals surface area contributed by atoms with Crippen molar-refractivity contribution in [2.45, 2.75) is 25.8 Å². The highest BCUT2D eigenvalue weighted by molar-refractivity contribution is 7.21. The Balaban J connectivity index is 2.05. The van der Waals surface area contributed by atoms with Gasteiger partial charge >= 0.3 is 5.97 Å². The summed E-state index contributed by atoms with van der Waals surface area (Å²) in [5.74, 6) is -0.120. The van der Waals surface area contributed by atoms with Gasteiger partial charge in [-0.1, -0.05) is 0 Å². The maximum Gasteiger partial charge on any atom is 0.348 e. The first-order valence-electron chi connectivity index (χ1n) is 6.91. The molecule has 3 heterocycles. The van der Waals surface area contributed by atoms with Crippen LogP contribution in [0.1, 0.15) is 28.1 Å². The van der Waals surface area contributed by atoms with Crippen molar-refractivity contribution in [3.8, 4) is 0 Å². The van der Waals surface area contributed by atoms with Crippen molar-refractivity contribution in [3.63, 3.8) is 0 Å². The Morgan fingerprint density at radius 2 is 2.14 bits per heavy atom. The summed E-state index contributed by atoms with van der Waals surface area (Å²) < 4.78 is 0. The fourth-order valence-electron chi connectivity index (χ4n) is 2.74.